The summed E-state index contributed by atoms with van der Waals surface area (Å²) in [5, 5.41) is 5.44. The fraction of sp³-hybridized carbons (Fsp3) is 0.435. The Hall–Kier alpha value is -3.20. The third-order valence-electron chi connectivity index (χ3n) is 6.12. The number of carbonyl (C=O) groups excluding carboxylic acids is 2. The van der Waals surface area contributed by atoms with Crippen molar-refractivity contribution >= 4 is 23.2 Å². The molecule has 0 spiro atoms. The molecule has 0 radical (unpaired) electrons. The largest absolute Gasteiger partial charge is 0.478 e. The van der Waals surface area contributed by atoms with Gasteiger partial charge in [0, 0.05) is 39.8 Å². The molecule has 0 saturated carbocycles. The lowest BCUT2D eigenvalue weighted by Gasteiger charge is -2.36. The van der Waals surface area contributed by atoms with Crippen LogP contribution in [0.5, 0.6) is 5.75 Å². The minimum Gasteiger partial charge on any atom is -0.478 e. The third-order valence-corrected chi connectivity index (χ3v) is 6.12. The van der Waals surface area contributed by atoms with E-state index in [4.69, 9.17) is 4.74 Å². The minimum absolute atomic E-state index is 0.0663. The normalized spacial score (nSPS) is 18.6. The SMILES string of the molecule is CC[C@H]1Oc2ccc(CN3CCN(c4ccc(C(=O)NC)nc4F)CC3)c(C)c2NC1=O. The molecule has 1 aromatic carbocycles. The van der Waals surface area contributed by atoms with Gasteiger partial charge in [0.25, 0.3) is 11.8 Å². The van der Waals surface area contributed by atoms with E-state index in [9.17, 15) is 14.0 Å². The van der Waals surface area contributed by atoms with Gasteiger partial charge in [-0.15, -0.1) is 0 Å². The van der Waals surface area contributed by atoms with Gasteiger partial charge in [0.15, 0.2) is 6.10 Å². The van der Waals surface area contributed by atoms with Crippen LogP contribution >= 0.6 is 0 Å². The number of anilines is 2. The first kappa shape index (κ1) is 22.0. The van der Waals surface area contributed by atoms with Crippen LogP contribution in [0.25, 0.3) is 0 Å². The number of hydrogen-bond donors (Lipinski definition) is 2. The molecule has 1 aromatic heterocycles. The lowest BCUT2D eigenvalue weighted by molar-refractivity contribution is -0.123. The first-order chi connectivity index (χ1) is 15.4. The van der Waals surface area contributed by atoms with Gasteiger partial charge in [0.05, 0.1) is 11.4 Å². The van der Waals surface area contributed by atoms with E-state index in [1.165, 1.54) is 7.05 Å². The number of amides is 2. The molecular formula is C23H28FN5O3. The second kappa shape index (κ2) is 9.12. The molecule has 2 aliphatic heterocycles. The number of rotatable bonds is 5. The maximum atomic E-state index is 14.5. The van der Waals surface area contributed by atoms with Crippen molar-refractivity contribution in [1.82, 2.24) is 15.2 Å². The number of ether oxygens (including phenoxy) is 1. The van der Waals surface area contributed by atoms with E-state index in [2.05, 4.69) is 20.5 Å². The average Bonchev–Trinajstić information content (AvgIpc) is 2.81. The molecule has 1 fully saturated rings. The molecule has 3 heterocycles. The lowest BCUT2D eigenvalue weighted by Crippen LogP contribution is -2.46. The molecule has 0 bridgehead atoms. The highest BCUT2D eigenvalue weighted by atomic mass is 19.1. The van der Waals surface area contributed by atoms with Crippen molar-refractivity contribution in [2.24, 2.45) is 0 Å². The van der Waals surface area contributed by atoms with Crippen molar-refractivity contribution in [3.8, 4) is 5.75 Å². The maximum absolute atomic E-state index is 14.5. The van der Waals surface area contributed by atoms with Gasteiger partial charge >= 0.3 is 0 Å². The predicted octanol–water partition coefficient (Wildman–Crippen LogP) is 2.32. The molecule has 170 valence electrons. The Bertz CT molecular complexity index is 1040. The fourth-order valence-corrected chi connectivity index (χ4v) is 4.14. The summed E-state index contributed by atoms with van der Waals surface area (Å²) in [5.74, 6) is -0.434. The van der Waals surface area contributed by atoms with Crippen molar-refractivity contribution in [2.45, 2.75) is 32.9 Å². The number of carbonyl (C=O) groups is 2. The van der Waals surface area contributed by atoms with Gasteiger partial charge in [0.2, 0.25) is 5.95 Å². The second-order valence-electron chi connectivity index (χ2n) is 8.08. The van der Waals surface area contributed by atoms with Gasteiger partial charge in [-0.2, -0.15) is 4.39 Å². The van der Waals surface area contributed by atoms with Crippen LogP contribution in [0.3, 0.4) is 0 Å². The van der Waals surface area contributed by atoms with E-state index in [0.29, 0.717) is 30.9 Å². The summed E-state index contributed by atoms with van der Waals surface area (Å²) in [6.45, 7) is 7.47. The molecule has 8 nitrogen and oxygen atoms in total. The highest BCUT2D eigenvalue weighted by molar-refractivity contribution is 5.98. The van der Waals surface area contributed by atoms with Crippen LogP contribution in [0.4, 0.5) is 15.8 Å². The lowest BCUT2D eigenvalue weighted by atomic mass is 10.0. The van der Waals surface area contributed by atoms with E-state index >= 15 is 0 Å². The first-order valence-electron chi connectivity index (χ1n) is 10.9. The minimum atomic E-state index is -0.633. The van der Waals surface area contributed by atoms with Crippen molar-refractivity contribution in [2.75, 3.05) is 43.4 Å². The Morgan fingerprint density at radius 1 is 1.25 bits per heavy atom. The maximum Gasteiger partial charge on any atom is 0.269 e. The van der Waals surface area contributed by atoms with Gasteiger partial charge in [-0.25, -0.2) is 4.98 Å². The summed E-state index contributed by atoms with van der Waals surface area (Å²) < 4.78 is 20.3. The average molecular weight is 442 g/mol. The molecule has 2 amide bonds. The Morgan fingerprint density at radius 3 is 2.66 bits per heavy atom. The highest BCUT2D eigenvalue weighted by Crippen LogP contribution is 2.35. The molecule has 2 N–H and O–H groups in total. The van der Waals surface area contributed by atoms with E-state index in [-0.39, 0.29) is 11.6 Å². The summed E-state index contributed by atoms with van der Waals surface area (Å²) in [5.41, 5.74) is 3.36. The zero-order chi connectivity index (χ0) is 22.8. The van der Waals surface area contributed by atoms with Crippen molar-refractivity contribution in [3.05, 3.63) is 47.0 Å². The quantitative estimate of drug-likeness (QED) is 0.693. The van der Waals surface area contributed by atoms with Gasteiger partial charge in [-0.3, -0.25) is 14.5 Å². The number of hydrogen-bond acceptors (Lipinski definition) is 6. The number of benzene rings is 1. The Labute approximate surface area is 186 Å². The van der Waals surface area contributed by atoms with Crippen molar-refractivity contribution in [3.63, 3.8) is 0 Å². The molecule has 0 aliphatic carbocycles. The molecule has 9 heteroatoms. The molecular weight excluding hydrogens is 413 g/mol. The first-order valence-corrected chi connectivity index (χ1v) is 10.9. The second-order valence-corrected chi connectivity index (χ2v) is 8.08. The summed E-state index contributed by atoms with van der Waals surface area (Å²) in [6, 6.07) is 7.12. The standard InChI is InChI=1S/C23H28FN5O3/c1-4-18-23(31)27-20-14(2)15(5-8-19(20)32-18)13-28-9-11-29(12-10-28)17-7-6-16(22(30)25-3)26-21(17)24/h5-8,18H,4,9-13H2,1-3H3,(H,25,30)(H,27,31)/t18-/m1/s1. The van der Waals surface area contributed by atoms with Crippen LogP contribution in [0.15, 0.2) is 24.3 Å². The summed E-state index contributed by atoms with van der Waals surface area (Å²) in [4.78, 5) is 31.9. The van der Waals surface area contributed by atoms with E-state index in [1.54, 1.807) is 12.1 Å². The van der Waals surface area contributed by atoms with Crippen LogP contribution in [0, 0.1) is 12.9 Å². The molecule has 2 aromatic rings. The number of nitrogens with zero attached hydrogens (tertiary/aromatic N) is 3. The Morgan fingerprint density at radius 2 is 2.00 bits per heavy atom. The number of nitrogens with one attached hydrogen (secondary N) is 2. The number of halogens is 1. The number of fused-ring (bicyclic) bond motifs is 1. The highest BCUT2D eigenvalue weighted by Gasteiger charge is 2.28. The fourth-order valence-electron chi connectivity index (χ4n) is 4.14. The van der Waals surface area contributed by atoms with E-state index in [0.717, 1.165) is 36.4 Å². The molecule has 4 rings (SSSR count). The molecule has 2 aliphatic rings. The van der Waals surface area contributed by atoms with Gasteiger partial charge in [-0.1, -0.05) is 13.0 Å². The summed E-state index contributed by atoms with van der Waals surface area (Å²) in [7, 11) is 1.49. The summed E-state index contributed by atoms with van der Waals surface area (Å²) in [6.07, 6.45) is 0.183. The van der Waals surface area contributed by atoms with Gasteiger partial charge in [0.1, 0.15) is 11.4 Å². The van der Waals surface area contributed by atoms with Crippen LogP contribution in [-0.2, 0) is 11.3 Å². The Kier molecular flexibility index (Phi) is 6.27. The van der Waals surface area contributed by atoms with Crippen LogP contribution in [-0.4, -0.2) is 61.0 Å². The molecule has 1 atom stereocenters. The van der Waals surface area contributed by atoms with Crippen LogP contribution in [0.2, 0.25) is 0 Å². The number of piperazine rings is 1. The Balaban J connectivity index is 1.40. The monoisotopic (exact) mass is 441 g/mol. The van der Waals surface area contributed by atoms with Crippen LogP contribution in [0.1, 0.15) is 35.0 Å². The predicted molar refractivity (Wildman–Crippen MR) is 120 cm³/mol. The molecule has 32 heavy (non-hydrogen) atoms. The van der Waals surface area contributed by atoms with Crippen molar-refractivity contribution in [1.29, 1.82) is 0 Å². The van der Waals surface area contributed by atoms with E-state index < -0.39 is 18.0 Å². The summed E-state index contributed by atoms with van der Waals surface area (Å²) >= 11 is 0. The van der Waals surface area contributed by atoms with Gasteiger partial charge < -0.3 is 20.3 Å². The topological polar surface area (TPSA) is 86.8 Å². The number of pyridine rings is 1. The zero-order valence-corrected chi connectivity index (χ0v) is 18.6. The van der Waals surface area contributed by atoms with Crippen molar-refractivity contribution < 1.29 is 18.7 Å². The van der Waals surface area contributed by atoms with Crippen LogP contribution < -0.4 is 20.3 Å². The molecule has 1 saturated heterocycles. The zero-order valence-electron chi connectivity index (χ0n) is 18.6. The smallest absolute Gasteiger partial charge is 0.269 e. The molecule has 0 unspecified atom stereocenters. The third kappa shape index (κ3) is 4.25. The number of aromatic nitrogens is 1. The van der Waals surface area contributed by atoms with E-state index in [1.807, 2.05) is 30.9 Å². The van der Waals surface area contributed by atoms with Gasteiger partial charge in [-0.05, 0) is 42.7 Å².